The molecule has 0 amide bonds. The van der Waals surface area contributed by atoms with Gasteiger partial charge in [0.25, 0.3) is 0 Å². The normalized spacial score (nSPS) is 12.6. The molecule has 0 saturated heterocycles. The Morgan fingerprint density at radius 2 is 2.14 bits per heavy atom. The minimum atomic E-state index is -0.389. The van der Waals surface area contributed by atoms with Gasteiger partial charge in [-0.15, -0.1) is 5.10 Å². The Hall–Kier alpha value is -2.06. The molecule has 2 N–H and O–H groups in total. The lowest BCUT2D eigenvalue weighted by Crippen LogP contribution is -2.25. The van der Waals surface area contributed by atoms with Gasteiger partial charge in [0, 0.05) is 31.0 Å². The van der Waals surface area contributed by atoms with Crippen molar-refractivity contribution < 1.29 is 13.9 Å². The number of aromatic nitrogens is 4. The molecular formula is C13H18FN5O2. The molecule has 0 bridgehead atoms. The first kappa shape index (κ1) is 15.3. The van der Waals surface area contributed by atoms with Crippen molar-refractivity contribution in [3.8, 4) is 11.4 Å². The minimum absolute atomic E-state index is 0.204. The zero-order valence-electron chi connectivity index (χ0n) is 12.2. The molecule has 1 atom stereocenters. The van der Waals surface area contributed by atoms with Crippen molar-refractivity contribution >= 4 is 5.69 Å². The molecule has 8 heteroatoms. The molecule has 0 radical (unpaired) electrons. The van der Waals surface area contributed by atoms with E-state index in [1.54, 1.807) is 27.2 Å². The number of hydrogen-bond donors (Lipinski definition) is 1. The molecule has 1 unspecified atom stereocenters. The van der Waals surface area contributed by atoms with Crippen molar-refractivity contribution in [2.75, 3.05) is 26.6 Å². The summed E-state index contributed by atoms with van der Waals surface area (Å²) in [6.45, 7) is 2.42. The third-order valence-electron chi connectivity index (χ3n) is 3.24. The lowest BCUT2D eigenvalue weighted by Gasteiger charge is -2.15. The van der Waals surface area contributed by atoms with E-state index in [2.05, 4.69) is 15.5 Å². The van der Waals surface area contributed by atoms with Crippen LogP contribution < -0.4 is 5.73 Å². The predicted octanol–water partition coefficient (Wildman–Crippen LogP) is 1.03. The van der Waals surface area contributed by atoms with Crippen LogP contribution in [-0.2, 0) is 16.0 Å². The van der Waals surface area contributed by atoms with Gasteiger partial charge in [0.2, 0.25) is 0 Å². The number of benzene rings is 1. The SMILES string of the molecule is COCC(Cn1nnnc1-c1cc(N)c(C)c(F)c1)OC. The molecule has 0 fully saturated rings. The number of tetrazole rings is 1. The molecule has 7 nitrogen and oxygen atoms in total. The molecule has 2 rings (SSSR count). The maximum Gasteiger partial charge on any atom is 0.182 e. The average molecular weight is 295 g/mol. The molecule has 0 aliphatic carbocycles. The minimum Gasteiger partial charge on any atom is -0.398 e. The fourth-order valence-corrected chi connectivity index (χ4v) is 1.94. The molecule has 2 aromatic rings. The van der Waals surface area contributed by atoms with Crippen LogP contribution in [0.4, 0.5) is 10.1 Å². The summed E-state index contributed by atoms with van der Waals surface area (Å²) in [6, 6.07) is 3.02. The van der Waals surface area contributed by atoms with Gasteiger partial charge >= 0.3 is 0 Å². The van der Waals surface area contributed by atoms with Crippen LogP contribution in [-0.4, -0.2) is 47.1 Å². The fraction of sp³-hybridized carbons (Fsp3) is 0.462. The van der Waals surface area contributed by atoms with Crippen molar-refractivity contribution in [3.05, 3.63) is 23.5 Å². The van der Waals surface area contributed by atoms with E-state index in [0.717, 1.165) is 0 Å². The summed E-state index contributed by atoms with van der Waals surface area (Å²) in [4.78, 5) is 0. The van der Waals surface area contributed by atoms with E-state index in [1.165, 1.54) is 10.7 Å². The van der Waals surface area contributed by atoms with Gasteiger partial charge in [0.15, 0.2) is 5.82 Å². The van der Waals surface area contributed by atoms with Gasteiger partial charge in [-0.25, -0.2) is 9.07 Å². The summed E-state index contributed by atoms with van der Waals surface area (Å²) in [7, 11) is 3.17. The smallest absolute Gasteiger partial charge is 0.182 e. The molecule has 1 aromatic heterocycles. The van der Waals surface area contributed by atoms with Crippen LogP contribution in [0.3, 0.4) is 0 Å². The molecule has 21 heavy (non-hydrogen) atoms. The number of halogens is 1. The van der Waals surface area contributed by atoms with Crippen LogP contribution in [0.1, 0.15) is 5.56 Å². The second kappa shape index (κ2) is 6.59. The van der Waals surface area contributed by atoms with E-state index in [9.17, 15) is 4.39 Å². The Morgan fingerprint density at radius 3 is 2.76 bits per heavy atom. The molecule has 1 heterocycles. The predicted molar refractivity (Wildman–Crippen MR) is 75.0 cm³/mol. The summed E-state index contributed by atoms with van der Waals surface area (Å²) in [5, 5.41) is 11.5. The van der Waals surface area contributed by atoms with E-state index in [4.69, 9.17) is 15.2 Å². The Kier molecular flexibility index (Phi) is 4.81. The zero-order valence-corrected chi connectivity index (χ0v) is 12.2. The third-order valence-corrected chi connectivity index (χ3v) is 3.24. The van der Waals surface area contributed by atoms with Gasteiger partial charge in [0.1, 0.15) is 11.9 Å². The monoisotopic (exact) mass is 295 g/mol. The van der Waals surface area contributed by atoms with Crippen LogP contribution in [0.2, 0.25) is 0 Å². The molecule has 0 spiro atoms. The lowest BCUT2D eigenvalue weighted by atomic mass is 10.1. The highest BCUT2D eigenvalue weighted by Crippen LogP contribution is 2.24. The molecular weight excluding hydrogens is 277 g/mol. The van der Waals surface area contributed by atoms with Crippen LogP contribution in [0.25, 0.3) is 11.4 Å². The second-order valence-electron chi connectivity index (χ2n) is 4.67. The molecule has 0 saturated carbocycles. The Bertz CT molecular complexity index is 593. The van der Waals surface area contributed by atoms with Crippen LogP contribution in [0.5, 0.6) is 0 Å². The van der Waals surface area contributed by atoms with E-state index >= 15 is 0 Å². The van der Waals surface area contributed by atoms with Gasteiger partial charge in [-0.05, 0) is 29.5 Å². The van der Waals surface area contributed by atoms with Gasteiger partial charge in [-0.2, -0.15) is 0 Å². The summed E-state index contributed by atoms with van der Waals surface area (Å²) in [6.07, 6.45) is -0.204. The van der Waals surface area contributed by atoms with Crippen molar-refractivity contribution in [1.82, 2.24) is 20.2 Å². The van der Waals surface area contributed by atoms with Crippen molar-refractivity contribution in [2.24, 2.45) is 0 Å². The number of anilines is 1. The van der Waals surface area contributed by atoms with Crippen LogP contribution >= 0.6 is 0 Å². The van der Waals surface area contributed by atoms with Gasteiger partial charge in [-0.1, -0.05) is 0 Å². The molecule has 1 aromatic carbocycles. The lowest BCUT2D eigenvalue weighted by molar-refractivity contribution is 0.0163. The number of hydrogen-bond acceptors (Lipinski definition) is 6. The Morgan fingerprint density at radius 1 is 1.38 bits per heavy atom. The average Bonchev–Trinajstić information content (AvgIpc) is 2.91. The zero-order chi connectivity index (χ0) is 15.4. The Balaban J connectivity index is 2.32. The first-order chi connectivity index (χ1) is 10.1. The van der Waals surface area contributed by atoms with Gasteiger partial charge in [-0.3, -0.25) is 0 Å². The van der Waals surface area contributed by atoms with Gasteiger partial charge in [0.05, 0.1) is 13.2 Å². The summed E-state index contributed by atoms with van der Waals surface area (Å²) in [5.74, 6) is 0.0403. The maximum atomic E-state index is 13.8. The highest BCUT2D eigenvalue weighted by molar-refractivity contribution is 5.63. The summed E-state index contributed by atoms with van der Waals surface area (Å²) >= 11 is 0. The van der Waals surface area contributed by atoms with Gasteiger partial charge < -0.3 is 15.2 Å². The standard InChI is InChI=1S/C13H18FN5O2/c1-8-11(14)4-9(5-12(8)15)13-16-17-18-19(13)6-10(21-3)7-20-2/h4-5,10H,6-7,15H2,1-3H3. The quantitative estimate of drug-likeness (QED) is 0.801. The highest BCUT2D eigenvalue weighted by Gasteiger charge is 2.16. The van der Waals surface area contributed by atoms with Crippen LogP contribution in [0.15, 0.2) is 12.1 Å². The Labute approximate surface area is 121 Å². The molecule has 0 aliphatic heterocycles. The van der Waals surface area contributed by atoms with Crippen molar-refractivity contribution in [2.45, 2.75) is 19.6 Å². The topological polar surface area (TPSA) is 88.1 Å². The number of nitrogens with two attached hydrogens (primary N) is 1. The fourth-order valence-electron chi connectivity index (χ4n) is 1.94. The highest BCUT2D eigenvalue weighted by atomic mass is 19.1. The second-order valence-corrected chi connectivity index (χ2v) is 4.67. The first-order valence-corrected chi connectivity index (χ1v) is 6.40. The van der Waals surface area contributed by atoms with E-state index in [1.807, 2.05) is 0 Å². The first-order valence-electron chi connectivity index (χ1n) is 6.40. The van der Waals surface area contributed by atoms with Crippen molar-refractivity contribution in [1.29, 1.82) is 0 Å². The van der Waals surface area contributed by atoms with E-state index < -0.39 is 0 Å². The van der Waals surface area contributed by atoms with Crippen molar-refractivity contribution in [3.63, 3.8) is 0 Å². The number of nitrogen functional groups attached to an aromatic ring is 1. The summed E-state index contributed by atoms with van der Waals surface area (Å²) < 4.78 is 25.7. The third kappa shape index (κ3) is 3.34. The van der Waals surface area contributed by atoms with Crippen LogP contribution in [0, 0.1) is 12.7 Å². The largest absolute Gasteiger partial charge is 0.398 e. The van der Waals surface area contributed by atoms with E-state index in [0.29, 0.717) is 35.8 Å². The number of methoxy groups -OCH3 is 2. The number of rotatable bonds is 6. The number of ether oxygens (including phenoxy) is 2. The summed E-state index contributed by atoms with van der Waals surface area (Å²) in [5.41, 5.74) is 7.08. The molecule has 114 valence electrons. The number of nitrogens with zero attached hydrogens (tertiary/aromatic N) is 4. The molecule has 0 aliphatic rings. The maximum absolute atomic E-state index is 13.8. The van der Waals surface area contributed by atoms with E-state index in [-0.39, 0.29) is 11.9 Å².